The van der Waals surface area contributed by atoms with E-state index >= 15 is 0 Å². The van der Waals surface area contributed by atoms with Crippen molar-refractivity contribution in [1.29, 1.82) is 0 Å². The van der Waals surface area contributed by atoms with E-state index in [1.807, 2.05) is 75.4 Å². The quantitative estimate of drug-likeness (QED) is 0.310. The molecule has 1 aromatic heterocycles. The van der Waals surface area contributed by atoms with Gasteiger partial charge in [0.25, 0.3) is 0 Å². The molecule has 1 unspecified atom stereocenters. The summed E-state index contributed by atoms with van der Waals surface area (Å²) in [7, 11) is 0. The molecule has 1 aliphatic heterocycles. The Hall–Kier alpha value is -3.71. The number of pyridine rings is 1. The molecule has 0 bridgehead atoms. The van der Waals surface area contributed by atoms with Crippen molar-refractivity contribution >= 4 is 11.8 Å². The minimum Gasteiger partial charge on any atom is -0.508 e. The number of aromatic nitrogens is 1. The molecule has 41 heavy (non-hydrogen) atoms. The van der Waals surface area contributed by atoms with Gasteiger partial charge in [0.2, 0.25) is 11.8 Å². The Labute approximate surface area is 246 Å². The van der Waals surface area contributed by atoms with Gasteiger partial charge in [-0.3, -0.25) is 14.6 Å². The van der Waals surface area contributed by atoms with E-state index < -0.39 is 6.04 Å². The summed E-state index contributed by atoms with van der Waals surface area (Å²) >= 11 is 0. The maximum absolute atomic E-state index is 13.8. The van der Waals surface area contributed by atoms with Gasteiger partial charge in [-0.05, 0) is 55.5 Å². The van der Waals surface area contributed by atoms with Gasteiger partial charge >= 0.3 is 0 Å². The fourth-order valence-corrected chi connectivity index (χ4v) is 4.65. The van der Waals surface area contributed by atoms with Crippen molar-refractivity contribution in [3.63, 3.8) is 0 Å². The number of ether oxygens (including phenoxy) is 1. The number of carbonyl (C=O) groups excluding carboxylic acids is 2. The van der Waals surface area contributed by atoms with Gasteiger partial charge in [-0.1, -0.05) is 82.6 Å². The van der Waals surface area contributed by atoms with Crippen LogP contribution in [-0.4, -0.2) is 46.1 Å². The third kappa shape index (κ3) is 10.7. The number of aryl methyl sites for hydroxylation is 2. The Morgan fingerprint density at radius 3 is 2.22 bits per heavy atom. The highest BCUT2D eigenvalue weighted by molar-refractivity contribution is 5.89. The Kier molecular flexibility index (Phi) is 15.2. The number of nitrogens with one attached hydrogen (secondary N) is 1. The molecular weight excluding hydrogens is 514 g/mol. The van der Waals surface area contributed by atoms with Crippen LogP contribution in [-0.2, 0) is 27.3 Å². The van der Waals surface area contributed by atoms with E-state index in [-0.39, 0.29) is 30.0 Å². The molecule has 2 heterocycles. The van der Waals surface area contributed by atoms with E-state index in [0.717, 1.165) is 22.4 Å². The number of phenols is 1. The van der Waals surface area contributed by atoms with Gasteiger partial charge < -0.3 is 20.1 Å². The van der Waals surface area contributed by atoms with Crippen molar-refractivity contribution < 1.29 is 19.4 Å². The molecule has 222 valence electrons. The van der Waals surface area contributed by atoms with Crippen molar-refractivity contribution in [2.75, 3.05) is 13.2 Å². The summed E-state index contributed by atoms with van der Waals surface area (Å²) in [5.74, 6) is -0.117. The van der Waals surface area contributed by atoms with Crippen LogP contribution in [0.1, 0.15) is 81.8 Å². The fraction of sp³-hybridized carbons (Fsp3) is 0.441. The summed E-state index contributed by atoms with van der Waals surface area (Å²) in [5.41, 5.74) is 3.40. The van der Waals surface area contributed by atoms with Crippen LogP contribution in [0, 0.1) is 6.92 Å². The SMILES string of the molecule is CC.CCC.Cc1ncccc1C(C(=O)NCc1ccccc1)N(C(=O)CCc1ccc(O)cc1)C1CCOCC1. The predicted molar refractivity (Wildman–Crippen MR) is 164 cm³/mol. The Morgan fingerprint density at radius 2 is 1.61 bits per heavy atom. The molecular formula is C34H47N3O4. The van der Waals surface area contributed by atoms with Crippen LogP contribution in [0.5, 0.6) is 5.75 Å². The van der Waals surface area contributed by atoms with E-state index in [0.29, 0.717) is 39.0 Å². The minimum absolute atomic E-state index is 0.0851. The van der Waals surface area contributed by atoms with Crippen molar-refractivity contribution in [3.05, 3.63) is 95.3 Å². The van der Waals surface area contributed by atoms with E-state index in [4.69, 9.17) is 4.74 Å². The lowest BCUT2D eigenvalue weighted by molar-refractivity contribution is -0.146. The number of phenolic OH excluding ortho intramolecular Hbond substituents is 1. The summed E-state index contributed by atoms with van der Waals surface area (Å²) in [6, 6.07) is 19.4. The topological polar surface area (TPSA) is 91.8 Å². The van der Waals surface area contributed by atoms with E-state index in [2.05, 4.69) is 24.1 Å². The van der Waals surface area contributed by atoms with Gasteiger partial charge in [0.05, 0.1) is 0 Å². The lowest BCUT2D eigenvalue weighted by Crippen LogP contribution is -2.50. The van der Waals surface area contributed by atoms with Crippen LogP contribution in [0.2, 0.25) is 0 Å². The summed E-state index contributed by atoms with van der Waals surface area (Å²) < 4.78 is 5.57. The first kappa shape index (κ1) is 33.5. The molecule has 7 nitrogen and oxygen atoms in total. The zero-order chi connectivity index (χ0) is 30.0. The molecule has 1 fully saturated rings. The van der Waals surface area contributed by atoms with Crippen molar-refractivity contribution in [2.24, 2.45) is 0 Å². The van der Waals surface area contributed by atoms with E-state index in [9.17, 15) is 14.7 Å². The molecule has 1 atom stereocenters. The maximum Gasteiger partial charge on any atom is 0.247 e. The molecule has 1 aliphatic rings. The Bertz CT molecular complexity index is 1160. The lowest BCUT2D eigenvalue weighted by atomic mass is 9.96. The number of benzene rings is 2. The second-order valence-electron chi connectivity index (χ2n) is 9.80. The highest BCUT2D eigenvalue weighted by Crippen LogP contribution is 2.30. The Morgan fingerprint density at radius 1 is 0.976 bits per heavy atom. The standard InChI is InChI=1S/C29H33N3O4.C3H8.C2H6/c1-21-26(8-5-17-30-21)28(29(35)31-20-23-6-3-2-4-7-23)32(24-15-18-36-19-16-24)27(34)14-11-22-9-12-25(33)13-10-22;1-3-2;1-2/h2-10,12-13,17,24,28,33H,11,14-16,18-20H2,1H3,(H,31,35);3H2,1-2H3;1-2H3. The van der Waals surface area contributed by atoms with Crippen LogP contribution >= 0.6 is 0 Å². The number of carbonyl (C=O) groups is 2. The zero-order valence-electron chi connectivity index (χ0n) is 25.3. The molecule has 2 amide bonds. The van der Waals surface area contributed by atoms with Crippen molar-refractivity contribution in [1.82, 2.24) is 15.2 Å². The molecule has 7 heteroatoms. The number of nitrogens with zero attached hydrogens (tertiary/aromatic N) is 2. The van der Waals surface area contributed by atoms with Gasteiger partial charge in [-0.2, -0.15) is 0 Å². The van der Waals surface area contributed by atoms with Crippen LogP contribution in [0.25, 0.3) is 0 Å². The average molecular weight is 562 g/mol. The summed E-state index contributed by atoms with van der Waals surface area (Å²) in [4.78, 5) is 33.8. The number of aromatic hydroxyl groups is 1. The highest BCUT2D eigenvalue weighted by atomic mass is 16.5. The number of hydrogen-bond donors (Lipinski definition) is 2. The third-order valence-corrected chi connectivity index (χ3v) is 6.61. The molecule has 0 radical (unpaired) electrons. The second-order valence-corrected chi connectivity index (χ2v) is 9.80. The number of amides is 2. The van der Waals surface area contributed by atoms with Gasteiger partial charge in [0.1, 0.15) is 11.8 Å². The third-order valence-electron chi connectivity index (χ3n) is 6.61. The molecule has 0 saturated carbocycles. The summed E-state index contributed by atoms with van der Waals surface area (Å²) in [5, 5.41) is 12.6. The largest absolute Gasteiger partial charge is 0.508 e. The summed E-state index contributed by atoms with van der Waals surface area (Å²) in [6.45, 7) is 11.6. The first-order valence-corrected chi connectivity index (χ1v) is 14.8. The fourth-order valence-electron chi connectivity index (χ4n) is 4.65. The normalized spacial score (nSPS) is 13.5. The van der Waals surface area contributed by atoms with Crippen LogP contribution in [0.4, 0.5) is 0 Å². The molecule has 2 aromatic carbocycles. The minimum atomic E-state index is -0.794. The average Bonchev–Trinajstić information content (AvgIpc) is 3.01. The van der Waals surface area contributed by atoms with E-state index in [1.165, 1.54) is 6.42 Å². The predicted octanol–water partition coefficient (Wildman–Crippen LogP) is 6.54. The number of rotatable bonds is 9. The smallest absolute Gasteiger partial charge is 0.247 e. The van der Waals surface area contributed by atoms with Crippen LogP contribution in [0.3, 0.4) is 0 Å². The zero-order valence-corrected chi connectivity index (χ0v) is 25.3. The molecule has 0 spiro atoms. The van der Waals surface area contributed by atoms with Gasteiger partial charge in [0, 0.05) is 49.7 Å². The van der Waals surface area contributed by atoms with Crippen LogP contribution < -0.4 is 5.32 Å². The van der Waals surface area contributed by atoms with Crippen molar-refractivity contribution in [3.8, 4) is 5.75 Å². The van der Waals surface area contributed by atoms with Gasteiger partial charge in [0.15, 0.2) is 0 Å². The lowest BCUT2D eigenvalue weighted by Gasteiger charge is -2.40. The number of hydrogen-bond acceptors (Lipinski definition) is 5. The Balaban J connectivity index is 0.00000110. The molecule has 1 saturated heterocycles. The molecule has 2 N–H and O–H groups in total. The molecule has 3 aromatic rings. The summed E-state index contributed by atoms with van der Waals surface area (Å²) in [6.07, 6.45) is 5.07. The second kappa shape index (κ2) is 18.6. The van der Waals surface area contributed by atoms with Gasteiger partial charge in [-0.15, -0.1) is 0 Å². The van der Waals surface area contributed by atoms with Crippen LogP contribution in [0.15, 0.2) is 72.9 Å². The maximum atomic E-state index is 13.8. The first-order valence-electron chi connectivity index (χ1n) is 14.8. The first-order chi connectivity index (χ1) is 19.9. The monoisotopic (exact) mass is 561 g/mol. The van der Waals surface area contributed by atoms with E-state index in [1.54, 1.807) is 23.2 Å². The van der Waals surface area contributed by atoms with Gasteiger partial charge in [-0.25, -0.2) is 0 Å². The molecule has 4 rings (SSSR count). The molecule has 0 aliphatic carbocycles. The van der Waals surface area contributed by atoms with Crippen molar-refractivity contribution in [2.45, 2.75) is 85.4 Å². The highest BCUT2D eigenvalue weighted by Gasteiger charge is 2.37.